The smallest absolute Gasteiger partial charge is 0.271 e. The quantitative estimate of drug-likeness (QED) is 0.779. The standard InChI is InChI=1S/C18H18FN3O2S/c1-11-9-22-16(24)14(8-20-17(22)25-11)15(23)21-10-18(2,3)12-5-4-6-13(19)7-12/h4-9H,10H2,1-3H3,(H,21,23). The van der Waals surface area contributed by atoms with E-state index in [1.54, 1.807) is 12.3 Å². The fourth-order valence-corrected chi connectivity index (χ4v) is 3.34. The zero-order valence-corrected chi connectivity index (χ0v) is 15.0. The summed E-state index contributed by atoms with van der Waals surface area (Å²) in [4.78, 5) is 30.5. The molecule has 1 amide bonds. The highest BCUT2D eigenvalue weighted by molar-refractivity contribution is 7.16. The van der Waals surface area contributed by atoms with Crippen molar-refractivity contribution in [1.29, 1.82) is 0 Å². The summed E-state index contributed by atoms with van der Waals surface area (Å²) in [5.41, 5.74) is -0.114. The van der Waals surface area contributed by atoms with Gasteiger partial charge in [-0.1, -0.05) is 26.0 Å². The second kappa shape index (κ2) is 6.40. The number of halogens is 1. The molecule has 2 aromatic heterocycles. The monoisotopic (exact) mass is 359 g/mol. The molecule has 3 rings (SSSR count). The minimum Gasteiger partial charge on any atom is -0.351 e. The lowest BCUT2D eigenvalue weighted by atomic mass is 9.84. The van der Waals surface area contributed by atoms with Crippen LogP contribution in [0.15, 0.2) is 41.5 Å². The molecule has 3 aromatic rings. The maximum atomic E-state index is 13.4. The van der Waals surface area contributed by atoms with E-state index in [9.17, 15) is 14.0 Å². The van der Waals surface area contributed by atoms with Gasteiger partial charge in [0.2, 0.25) is 0 Å². The molecule has 2 heterocycles. The summed E-state index contributed by atoms with van der Waals surface area (Å²) < 4.78 is 14.8. The van der Waals surface area contributed by atoms with Gasteiger partial charge >= 0.3 is 0 Å². The van der Waals surface area contributed by atoms with E-state index in [2.05, 4.69) is 10.3 Å². The van der Waals surface area contributed by atoms with Gasteiger partial charge in [-0.05, 0) is 24.6 Å². The lowest BCUT2D eigenvalue weighted by molar-refractivity contribution is 0.0943. The SMILES string of the molecule is Cc1cn2c(=O)c(C(=O)NCC(C)(C)c3cccc(F)c3)cnc2s1. The highest BCUT2D eigenvalue weighted by atomic mass is 32.1. The van der Waals surface area contributed by atoms with Crippen molar-refractivity contribution in [3.8, 4) is 0 Å². The fourth-order valence-electron chi connectivity index (χ4n) is 2.56. The molecule has 25 heavy (non-hydrogen) atoms. The van der Waals surface area contributed by atoms with Gasteiger partial charge < -0.3 is 5.32 Å². The summed E-state index contributed by atoms with van der Waals surface area (Å²) in [5.74, 6) is -0.808. The summed E-state index contributed by atoms with van der Waals surface area (Å²) in [6, 6.07) is 6.27. The van der Waals surface area contributed by atoms with E-state index in [-0.39, 0.29) is 17.9 Å². The number of fused-ring (bicyclic) bond motifs is 1. The van der Waals surface area contributed by atoms with Crippen molar-refractivity contribution in [1.82, 2.24) is 14.7 Å². The average Bonchev–Trinajstić information content (AvgIpc) is 2.94. The van der Waals surface area contributed by atoms with Crippen LogP contribution in [-0.2, 0) is 5.41 Å². The molecule has 1 N–H and O–H groups in total. The minimum absolute atomic E-state index is 0.00894. The second-order valence-corrected chi connectivity index (χ2v) is 7.76. The molecule has 0 aliphatic rings. The first kappa shape index (κ1) is 17.3. The maximum absolute atomic E-state index is 13.4. The summed E-state index contributed by atoms with van der Waals surface area (Å²) in [6.45, 7) is 5.94. The van der Waals surface area contributed by atoms with Gasteiger partial charge in [0.15, 0.2) is 4.96 Å². The maximum Gasteiger partial charge on any atom is 0.271 e. The number of benzene rings is 1. The van der Waals surface area contributed by atoms with Gasteiger partial charge in [-0.2, -0.15) is 0 Å². The molecule has 0 atom stereocenters. The van der Waals surface area contributed by atoms with E-state index in [1.807, 2.05) is 26.8 Å². The molecular formula is C18H18FN3O2S. The van der Waals surface area contributed by atoms with Crippen LogP contribution in [0.25, 0.3) is 4.96 Å². The molecule has 7 heteroatoms. The Balaban J connectivity index is 1.81. The molecule has 0 fully saturated rings. The number of amides is 1. The van der Waals surface area contributed by atoms with E-state index in [0.717, 1.165) is 10.4 Å². The minimum atomic E-state index is -0.486. The van der Waals surface area contributed by atoms with Crippen LogP contribution >= 0.6 is 11.3 Å². The molecule has 0 saturated carbocycles. The van der Waals surface area contributed by atoms with Gasteiger partial charge in [0.05, 0.1) is 0 Å². The number of hydrogen-bond donors (Lipinski definition) is 1. The van der Waals surface area contributed by atoms with Gasteiger partial charge in [0.1, 0.15) is 11.4 Å². The average molecular weight is 359 g/mol. The number of aryl methyl sites for hydroxylation is 1. The first-order chi connectivity index (χ1) is 11.8. The van der Waals surface area contributed by atoms with Gasteiger partial charge in [-0.25, -0.2) is 9.37 Å². The topological polar surface area (TPSA) is 63.5 Å². The van der Waals surface area contributed by atoms with Crippen LogP contribution in [0.3, 0.4) is 0 Å². The lowest BCUT2D eigenvalue weighted by Crippen LogP contribution is -2.39. The van der Waals surface area contributed by atoms with Crippen molar-refractivity contribution in [2.45, 2.75) is 26.2 Å². The van der Waals surface area contributed by atoms with Crippen LogP contribution in [0.2, 0.25) is 0 Å². The number of nitrogens with one attached hydrogen (secondary N) is 1. The van der Waals surface area contributed by atoms with E-state index >= 15 is 0 Å². The van der Waals surface area contributed by atoms with E-state index in [1.165, 1.54) is 34.1 Å². The van der Waals surface area contributed by atoms with Crippen molar-refractivity contribution in [3.05, 3.63) is 68.8 Å². The summed E-state index contributed by atoms with van der Waals surface area (Å²) >= 11 is 1.39. The van der Waals surface area contributed by atoms with E-state index in [4.69, 9.17) is 0 Å². The molecular weight excluding hydrogens is 341 g/mol. The number of rotatable bonds is 4. The molecule has 130 valence electrons. The van der Waals surface area contributed by atoms with Crippen molar-refractivity contribution in [2.75, 3.05) is 6.54 Å². The highest BCUT2D eigenvalue weighted by Crippen LogP contribution is 2.23. The Kier molecular flexibility index (Phi) is 4.43. The predicted octanol–water partition coefficient (Wildman–Crippen LogP) is 2.91. The molecule has 0 bridgehead atoms. The molecule has 0 spiro atoms. The molecule has 5 nitrogen and oxygen atoms in total. The van der Waals surface area contributed by atoms with Gasteiger partial charge in [-0.15, -0.1) is 11.3 Å². The lowest BCUT2D eigenvalue weighted by Gasteiger charge is -2.25. The number of carbonyl (C=O) groups is 1. The van der Waals surface area contributed by atoms with Crippen LogP contribution in [0.4, 0.5) is 4.39 Å². The summed E-state index contributed by atoms with van der Waals surface area (Å²) in [7, 11) is 0. The normalized spacial score (nSPS) is 11.7. The van der Waals surface area contributed by atoms with Crippen molar-refractivity contribution >= 4 is 22.2 Å². The van der Waals surface area contributed by atoms with Crippen LogP contribution in [0.1, 0.15) is 34.6 Å². The summed E-state index contributed by atoms with van der Waals surface area (Å²) in [5, 5.41) is 2.76. The van der Waals surface area contributed by atoms with Crippen molar-refractivity contribution < 1.29 is 9.18 Å². The zero-order chi connectivity index (χ0) is 18.2. The zero-order valence-electron chi connectivity index (χ0n) is 14.2. The third-order valence-electron chi connectivity index (χ3n) is 4.06. The Morgan fingerprint density at radius 2 is 2.16 bits per heavy atom. The molecule has 0 aliphatic heterocycles. The number of thiazole rings is 1. The Labute approximate surface area is 148 Å². The number of nitrogens with zero attached hydrogens (tertiary/aromatic N) is 2. The third-order valence-corrected chi connectivity index (χ3v) is 4.98. The van der Waals surface area contributed by atoms with Crippen LogP contribution in [0.5, 0.6) is 0 Å². The second-order valence-electron chi connectivity index (χ2n) is 6.55. The third kappa shape index (κ3) is 3.46. The van der Waals surface area contributed by atoms with Crippen LogP contribution in [0, 0.1) is 12.7 Å². The van der Waals surface area contributed by atoms with Crippen LogP contribution < -0.4 is 10.9 Å². The highest BCUT2D eigenvalue weighted by Gasteiger charge is 2.23. The van der Waals surface area contributed by atoms with E-state index < -0.39 is 16.9 Å². The first-order valence-corrected chi connectivity index (χ1v) is 8.62. The number of carbonyl (C=O) groups excluding carboxylic acids is 1. The Bertz CT molecular complexity index is 1010. The summed E-state index contributed by atoms with van der Waals surface area (Å²) in [6.07, 6.45) is 2.97. The molecule has 0 unspecified atom stereocenters. The van der Waals surface area contributed by atoms with Gasteiger partial charge in [0.25, 0.3) is 11.5 Å². The Morgan fingerprint density at radius 1 is 1.40 bits per heavy atom. The van der Waals surface area contributed by atoms with Gasteiger partial charge in [0, 0.05) is 29.2 Å². The molecule has 1 aromatic carbocycles. The fraction of sp³-hybridized carbons (Fsp3) is 0.278. The van der Waals surface area contributed by atoms with E-state index in [0.29, 0.717) is 4.96 Å². The molecule has 0 saturated heterocycles. The number of hydrogen-bond acceptors (Lipinski definition) is 4. The Hall–Kier alpha value is -2.54. The van der Waals surface area contributed by atoms with Gasteiger partial charge in [-0.3, -0.25) is 14.0 Å². The Morgan fingerprint density at radius 3 is 2.88 bits per heavy atom. The molecule has 0 radical (unpaired) electrons. The van der Waals surface area contributed by atoms with Crippen LogP contribution in [-0.4, -0.2) is 21.8 Å². The predicted molar refractivity (Wildman–Crippen MR) is 95.8 cm³/mol. The number of aromatic nitrogens is 2. The van der Waals surface area contributed by atoms with Crippen molar-refractivity contribution in [2.24, 2.45) is 0 Å². The first-order valence-electron chi connectivity index (χ1n) is 7.80. The van der Waals surface area contributed by atoms with Crippen molar-refractivity contribution in [3.63, 3.8) is 0 Å². The molecule has 0 aliphatic carbocycles. The largest absolute Gasteiger partial charge is 0.351 e.